The molecular formula is C17H20N6O2. The number of rotatable bonds is 5. The number of nitrogens with one attached hydrogen (secondary N) is 2. The van der Waals surface area contributed by atoms with Gasteiger partial charge in [0.25, 0.3) is 0 Å². The SMILES string of the molecule is Cc1noc(C)c1CCNC(=O)Nc1cccc(-c2ncn(C)n2)c1. The molecule has 0 unspecified atom stereocenters. The Labute approximate surface area is 145 Å². The van der Waals surface area contributed by atoms with Crippen LogP contribution in [0.5, 0.6) is 0 Å². The molecule has 2 N–H and O–H groups in total. The monoisotopic (exact) mass is 340 g/mol. The third-order valence-electron chi connectivity index (χ3n) is 3.82. The minimum absolute atomic E-state index is 0.266. The smallest absolute Gasteiger partial charge is 0.319 e. The fourth-order valence-corrected chi connectivity index (χ4v) is 2.54. The van der Waals surface area contributed by atoms with Crippen molar-refractivity contribution in [2.24, 2.45) is 7.05 Å². The molecule has 3 rings (SSSR count). The van der Waals surface area contributed by atoms with Crippen LogP contribution in [0.15, 0.2) is 35.1 Å². The first-order chi connectivity index (χ1) is 12.0. The second kappa shape index (κ2) is 7.16. The number of benzene rings is 1. The predicted molar refractivity (Wildman–Crippen MR) is 93.1 cm³/mol. The van der Waals surface area contributed by atoms with Crippen molar-refractivity contribution in [3.05, 3.63) is 47.6 Å². The summed E-state index contributed by atoms with van der Waals surface area (Å²) in [6.07, 6.45) is 2.31. The maximum atomic E-state index is 12.1. The number of amides is 2. The highest BCUT2D eigenvalue weighted by Gasteiger charge is 2.10. The molecule has 0 fully saturated rings. The van der Waals surface area contributed by atoms with Crippen LogP contribution in [0.25, 0.3) is 11.4 Å². The Hall–Kier alpha value is -3.16. The lowest BCUT2D eigenvalue weighted by Gasteiger charge is -2.08. The average molecular weight is 340 g/mol. The van der Waals surface area contributed by atoms with Gasteiger partial charge in [-0.25, -0.2) is 9.78 Å². The van der Waals surface area contributed by atoms with E-state index in [0.29, 0.717) is 24.5 Å². The Morgan fingerprint density at radius 1 is 1.32 bits per heavy atom. The maximum absolute atomic E-state index is 12.1. The van der Waals surface area contributed by atoms with Crippen LogP contribution in [0.3, 0.4) is 0 Å². The number of nitrogens with zero attached hydrogens (tertiary/aromatic N) is 4. The summed E-state index contributed by atoms with van der Waals surface area (Å²) in [6.45, 7) is 4.26. The third kappa shape index (κ3) is 4.03. The topological polar surface area (TPSA) is 97.9 Å². The largest absolute Gasteiger partial charge is 0.361 e. The Balaban J connectivity index is 1.56. The number of aromatic nitrogens is 4. The van der Waals surface area contributed by atoms with Gasteiger partial charge in [-0.05, 0) is 32.4 Å². The van der Waals surface area contributed by atoms with Crippen LogP contribution < -0.4 is 10.6 Å². The molecule has 2 heterocycles. The molecule has 0 aliphatic rings. The minimum atomic E-state index is -0.266. The molecule has 3 aromatic rings. The maximum Gasteiger partial charge on any atom is 0.319 e. The number of carbonyl (C=O) groups excluding carboxylic acids is 1. The lowest BCUT2D eigenvalue weighted by atomic mass is 10.1. The molecule has 8 heteroatoms. The molecule has 1 aromatic carbocycles. The van der Waals surface area contributed by atoms with Gasteiger partial charge < -0.3 is 15.2 Å². The molecule has 0 aliphatic carbocycles. The van der Waals surface area contributed by atoms with Gasteiger partial charge >= 0.3 is 6.03 Å². The van der Waals surface area contributed by atoms with Gasteiger partial charge in [0.05, 0.1) is 5.69 Å². The van der Waals surface area contributed by atoms with Crippen molar-refractivity contribution in [1.29, 1.82) is 0 Å². The molecule has 0 bridgehead atoms. The van der Waals surface area contributed by atoms with E-state index in [0.717, 1.165) is 22.6 Å². The highest BCUT2D eigenvalue weighted by Crippen LogP contribution is 2.19. The summed E-state index contributed by atoms with van der Waals surface area (Å²) < 4.78 is 6.75. The van der Waals surface area contributed by atoms with E-state index in [1.807, 2.05) is 45.2 Å². The fraction of sp³-hybridized carbons (Fsp3) is 0.294. The van der Waals surface area contributed by atoms with Gasteiger partial charge in [-0.3, -0.25) is 4.68 Å². The first kappa shape index (κ1) is 16.7. The lowest BCUT2D eigenvalue weighted by molar-refractivity contribution is 0.252. The van der Waals surface area contributed by atoms with Crippen molar-refractivity contribution < 1.29 is 9.32 Å². The first-order valence-corrected chi connectivity index (χ1v) is 7.95. The Morgan fingerprint density at radius 2 is 2.16 bits per heavy atom. The quantitative estimate of drug-likeness (QED) is 0.743. The van der Waals surface area contributed by atoms with Crippen molar-refractivity contribution in [2.45, 2.75) is 20.3 Å². The second-order valence-electron chi connectivity index (χ2n) is 5.76. The molecule has 25 heavy (non-hydrogen) atoms. The molecular weight excluding hydrogens is 320 g/mol. The van der Waals surface area contributed by atoms with Gasteiger partial charge in [0, 0.05) is 30.4 Å². The van der Waals surface area contributed by atoms with Crippen molar-refractivity contribution in [1.82, 2.24) is 25.2 Å². The zero-order chi connectivity index (χ0) is 17.8. The minimum Gasteiger partial charge on any atom is -0.361 e. The molecule has 2 aromatic heterocycles. The zero-order valence-corrected chi connectivity index (χ0v) is 14.4. The van der Waals surface area contributed by atoms with Crippen LogP contribution in [-0.2, 0) is 13.5 Å². The normalized spacial score (nSPS) is 10.7. The van der Waals surface area contributed by atoms with Gasteiger partial charge in [-0.2, -0.15) is 5.10 Å². The number of carbonyl (C=O) groups is 1. The van der Waals surface area contributed by atoms with Crippen LogP contribution in [0, 0.1) is 13.8 Å². The number of hydrogen-bond donors (Lipinski definition) is 2. The van der Waals surface area contributed by atoms with E-state index in [4.69, 9.17) is 4.52 Å². The van der Waals surface area contributed by atoms with E-state index >= 15 is 0 Å². The molecule has 8 nitrogen and oxygen atoms in total. The lowest BCUT2D eigenvalue weighted by Crippen LogP contribution is -2.30. The summed E-state index contributed by atoms with van der Waals surface area (Å²) in [5.41, 5.74) is 3.41. The first-order valence-electron chi connectivity index (χ1n) is 7.95. The molecule has 0 saturated heterocycles. The highest BCUT2D eigenvalue weighted by molar-refractivity contribution is 5.89. The molecule has 0 radical (unpaired) electrons. The van der Waals surface area contributed by atoms with Crippen molar-refractivity contribution in [3.8, 4) is 11.4 Å². The second-order valence-corrected chi connectivity index (χ2v) is 5.76. The number of hydrogen-bond acceptors (Lipinski definition) is 5. The predicted octanol–water partition coefficient (Wildman–Crippen LogP) is 2.45. The summed E-state index contributed by atoms with van der Waals surface area (Å²) in [5, 5.41) is 13.8. The van der Waals surface area contributed by atoms with E-state index < -0.39 is 0 Å². The molecule has 0 spiro atoms. The Bertz CT molecular complexity index is 863. The molecule has 0 atom stereocenters. The molecule has 2 amide bonds. The van der Waals surface area contributed by atoms with Gasteiger partial charge in [-0.15, -0.1) is 0 Å². The number of aryl methyl sites for hydroxylation is 3. The van der Waals surface area contributed by atoms with Gasteiger partial charge in [0.15, 0.2) is 5.82 Å². The van der Waals surface area contributed by atoms with E-state index in [1.54, 1.807) is 11.0 Å². The summed E-state index contributed by atoms with van der Waals surface area (Å²) in [7, 11) is 1.81. The fourth-order valence-electron chi connectivity index (χ4n) is 2.54. The van der Waals surface area contributed by atoms with E-state index in [9.17, 15) is 4.79 Å². The van der Waals surface area contributed by atoms with E-state index in [1.165, 1.54) is 0 Å². The Morgan fingerprint density at radius 3 is 2.84 bits per heavy atom. The molecule has 0 aliphatic heterocycles. The standard InChI is InChI=1S/C17H20N6O2/c1-11-15(12(2)25-22-11)7-8-18-17(24)20-14-6-4-5-13(9-14)16-19-10-23(3)21-16/h4-6,9-10H,7-8H2,1-3H3,(H2,18,20,24). The van der Waals surface area contributed by atoms with Crippen LogP contribution in [0.2, 0.25) is 0 Å². The van der Waals surface area contributed by atoms with E-state index in [-0.39, 0.29) is 6.03 Å². The van der Waals surface area contributed by atoms with Gasteiger partial charge in [0.2, 0.25) is 0 Å². The van der Waals surface area contributed by atoms with Crippen LogP contribution in [-0.4, -0.2) is 32.5 Å². The van der Waals surface area contributed by atoms with Crippen molar-refractivity contribution in [3.63, 3.8) is 0 Å². The molecule has 0 saturated carbocycles. The third-order valence-corrected chi connectivity index (χ3v) is 3.82. The summed E-state index contributed by atoms with van der Waals surface area (Å²) in [4.78, 5) is 16.3. The van der Waals surface area contributed by atoms with Crippen LogP contribution >= 0.6 is 0 Å². The van der Waals surface area contributed by atoms with Crippen molar-refractivity contribution >= 4 is 11.7 Å². The van der Waals surface area contributed by atoms with E-state index in [2.05, 4.69) is 25.9 Å². The zero-order valence-electron chi connectivity index (χ0n) is 14.4. The number of anilines is 1. The van der Waals surface area contributed by atoms with Crippen LogP contribution in [0.4, 0.5) is 10.5 Å². The Kier molecular flexibility index (Phi) is 4.78. The van der Waals surface area contributed by atoms with Gasteiger partial charge in [0.1, 0.15) is 12.1 Å². The summed E-state index contributed by atoms with van der Waals surface area (Å²) in [5.74, 6) is 1.40. The summed E-state index contributed by atoms with van der Waals surface area (Å²) >= 11 is 0. The van der Waals surface area contributed by atoms with Crippen LogP contribution in [0.1, 0.15) is 17.0 Å². The highest BCUT2D eigenvalue weighted by atomic mass is 16.5. The van der Waals surface area contributed by atoms with Gasteiger partial charge in [-0.1, -0.05) is 17.3 Å². The van der Waals surface area contributed by atoms with Crippen molar-refractivity contribution in [2.75, 3.05) is 11.9 Å². The number of urea groups is 1. The average Bonchev–Trinajstić information content (AvgIpc) is 3.15. The molecule has 130 valence electrons. The summed E-state index contributed by atoms with van der Waals surface area (Å²) in [6, 6.07) is 7.14.